The van der Waals surface area contributed by atoms with Crippen LogP contribution in [0.1, 0.15) is 59.2 Å². The number of carbonyl (C=O) groups is 1. The van der Waals surface area contributed by atoms with Gasteiger partial charge in [-0.05, 0) is 47.8 Å². The summed E-state index contributed by atoms with van der Waals surface area (Å²) < 4.78 is 0. The number of thiophene rings is 1. The molecule has 1 fully saturated rings. The Hall–Kier alpha value is -1.72. The van der Waals surface area contributed by atoms with Gasteiger partial charge in [0, 0.05) is 49.7 Å². The van der Waals surface area contributed by atoms with Gasteiger partial charge in [0.2, 0.25) is 0 Å². The lowest BCUT2D eigenvalue weighted by Crippen LogP contribution is -2.33. The van der Waals surface area contributed by atoms with Gasteiger partial charge in [0.15, 0.2) is 0 Å². The molecule has 1 atom stereocenters. The number of nitrogens with zero attached hydrogens (tertiary/aromatic N) is 3. The van der Waals surface area contributed by atoms with Gasteiger partial charge in [-0.1, -0.05) is 26.8 Å². The second kappa shape index (κ2) is 7.60. The highest BCUT2D eigenvalue weighted by Crippen LogP contribution is 2.51. The summed E-state index contributed by atoms with van der Waals surface area (Å²) in [6.07, 6.45) is 5.20. The zero-order valence-corrected chi connectivity index (χ0v) is 18.3. The lowest BCUT2D eigenvalue weighted by atomic mass is 10.0. The van der Waals surface area contributed by atoms with E-state index in [4.69, 9.17) is 0 Å². The monoisotopic (exact) mass is 397 g/mol. The number of hydrogen-bond acceptors (Lipinski definition) is 4. The molecule has 0 radical (unpaired) electrons. The Labute approximate surface area is 172 Å². The van der Waals surface area contributed by atoms with Gasteiger partial charge in [-0.2, -0.15) is 0 Å². The van der Waals surface area contributed by atoms with E-state index < -0.39 is 0 Å². The van der Waals surface area contributed by atoms with Crippen molar-refractivity contribution in [1.29, 1.82) is 0 Å². The zero-order valence-electron chi connectivity index (χ0n) is 17.5. The van der Waals surface area contributed by atoms with E-state index in [1.165, 1.54) is 22.4 Å². The smallest absolute Gasteiger partial charge is 0.254 e. The fourth-order valence-electron chi connectivity index (χ4n) is 4.19. The summed E-state index contributed by atoms with van der Waals surface area (Å²) in [4.78, 5) is 23.3. The van der Waals surface area contributed by atoms with Gasteiger partial charge in [-0.25, -0.2) is 0 Å². The van der Waals surface area contributed by atoms with Crippen LogP contribution in [0.3, 0.4) is 0 Å². The van der Waals surface area contributed by atoms with E-state index in [1.54, 1.807) is 11.3 Å². The highest BCUT2D eigenvalue weighted by atomic mass is 32.1. The molecule has 5 heteroatoms. The Morgan fingerprint density at radius 1 is 1.39 bits per heavy atom. The molecule has 4 nitrogen and oxygen atoms in total. The summed E-state index contributed by atoms with van der Waals surface area (Å²) in [5.41, 5.74) is 5.03. The Bertz CT molecular complexity index is 855. The second-order valence-corrected chi connectivity index (χ2v) is 10.1. The maximum Gasteiger partial charge on any atom is 0.254 e. The third-order valence-corrected chi connectivity index (χ3v) is 7.51. The van der Waals surface area contributed by atoms with E-state index in [0.29, 0.717) is 11.3 Å². The lowest BCUT2D eigenvalue weighted by Gasteiger charge is -2.27. The van der Waals surface area contributed by atoms with Gasteiger partial charge in [0.25, 0.3) is 5.91 Å². The van der Waals surface area contributed by atoms with Crippen LogP contribution in [0.4, 0.5) is 0 Å². The molecule has 150 valence electrons. The van der Waals surface area contributed by atoms with Crippen LogP contribution >= 0.6 is 11.3 Å². The number of aryl methyl sites for hydroxylation is 1. The summed E-state index contributed by atoms with van der Waals surface area (Å²) in [5, 5.41) is 2.08. The minimum atomic E-state index is 0.200. The number of fused-ring (bicyclic) bond motifs is 1. The summed E-state index contributed by atoms with van der Waals surface area (Å²) in [5.74, 6) is 0.850. The van der Waals surface area contributed by atoms with Gasteiger partial charge in [0.1, 0.15) is 0 Å². The van der Waals surface area contributed by atoms with Crippen LogP contribution in [0, 0.1) is 11.3 Å². The van der Waals surface area contributed by atoms with Crippen LogP contribution in [0.2, 0.25) is 0 Å². The number of hydrogen-bond donors (Lipinski definition) is 0. The van der Waals surface area contributed by atoms with E-state index in [9.17, 15) is 4.79 Å². The predicted molar refractivity (Wildman–Crippen MR) is 115 cm³/mol. The van der Waals surface area contributed by atoms with E-state index >= 15 is 0 Å². The van der Waals surface area contributed by atoms with Crippen LogP contribution in [0.25, 0.3) is 0 Å². The van der Waals surface area contributed by atoms with Gasteiger partial charge >= 0.3 is 0 Å². The van der Waals surface area contributed by atoms with E-state index in [-0.39, 0.29) is 5.91 Å². The number of rotatable bonds is 6. The van der Waals surface area contributed by atoms with Crippen molar-refractivity contribution in [3.63, 3.8) is 0 Å². The number of aromatic nitrogens is 1. The fourth-order valence-corrected chi connectivity index (χ4v) is 5.30. The quantitative estimate of drug-likeness (QED) is 0.726. The first kappa shape index (κ1) is 19.6. The second-order valence-electron chi connectivity index (χ2n) is 9.10. The summed E-state index contributed by atoms with van der Waals surface area (Å²) >= 11 is 1.74. The Balaban J connectivity index is 1.39. The summed E-state index contributed by atoms with van der Waals surface area (Å²) in [6, 6.07) is 4.32. The average Bonchev–Trinajstić information content (AvgIpc) is 3.09. The molecule has 1 saturated carbocycles. The van der Waals surface area contributed by atoms with Crippen molar-refractivity contribution >= 4 is 17.2 Å². The van der Waals surface area contributed by atoms with Crippen molar-refractivity contribution in [2.75, 3.05) is 20.1 Å². The number of amides is 1. The highest BCUT2D eigenvalue weighted by Gasteiger charge is 2.46. The normalized spacial score (nSPS) is 20.6. The minimum Gasteiger partial charge on any atom is -0.341 e. The SMILES string of the molecule is CCc1ccc(CN2CCc3c(C(=O)N(C)C[C@@H]4CC4(C)C)csc3C2)nc1. The van der Waals surface area contributed by atoms with Crippen LogP contribution in [-0.4, -0.2) is 40.8 Å². The number of carbonyl (C=O) groups excluding carboxylic acids is 1. The summed E-state index contributed by atoms with van der Waals surface area (Å²) in [7, 11) is 1.96. The molecule has 1 aliphatic heterocycles. The molecule has 0 aromatic carbocycles. The van der Waals surface area contributed by atoms with Crippen molar-refractivity contribution in [3.05, 3.63) is 51.0 Å². The lowest BCUT2D eigenvalue weighted by molar-refractivity contribution is 0.0783. The Morgan fingerprint density at radius 3 is 2.82 bits per heavy atom. The molecule has 1 aliphatic carbocycles. The third kappa shape index (κ3) is 4.01. The zero-order chi connectivity index (χ0) is 19.9. The van der Waals surface area contributed by atoms with Gasteiger partial charge in [-0.15, -0.1) is 11.3 Å². The minimum absolute atomic E-state index is 0.200. The topological polar surface area (TPSA) is 36.4 Å². The van der Waals surface area contributed by atoms with Crippen LogP contribution in [-0.2, 0) is 25.9 Å². The molecule has 0 unspecified atom stereocenters. The molecule has 0 bridgehead atoms. The van der Waals surface area contributed by atoms with Crippen molar-refractivity contribution < 1.29 is 4.79 Å². The molecule has 0 N–H and O–H groups in total. The molecular formula is C23H31N3OS. The van der Waals surface area contributed by atoms with Crippen molar-refractivity contribution in [2.45, 2.75) is 53.1 Å². The third-order valence-electron chi connectivity index (χ3n) is 6.49. The van der Waals surface area contributed by atoms with Gasteiger partial charge in [0.05, 0.1) is 11.3 Å². The molecule has 0 saturated heterocycles. The molecule has 28 heavy (non-hydrogen) atoms. The van der Waals surface area contributed by atoms with E-state index in [1.807, 2.05) is 18.1 Å². The first-order valence-corrected chi connectivity index (χ1v) is 11.3. The predicted octanol–water partition coefficient (Wildman–Crippen LogP) is 4.38. The molecule has 1 amide bonds. The van der Waals surface area contributed by atoms with E-state index in [0.717, 1.165) is 50.3 Å². The summed E-state index contributed by atoms with van der Waals surface area (Å²) in [6.45, 7) is 10.4. The first-order valence-electron chi connectivity index (χ1n) is 10.4. The molecular weight excluding hydrogens is 366 g/mol. The van der Waals surface area contributed by atoms with Gasteiger partial charge in [-0.3, -0.25) is 14.7 Å². The van der Waals surface area contributed by atoms with Crippen LogP contribution in [0.15, 0.2) is 23.7 Å². The molecule has 3 heterocycles. The molecule has 2 aliphatic rings. The highest BCUT2D eigenvalue weighted by molar-refractivity contribution is 7.10. The van der Waals surface area contributed by atoms with Crippen molar-refractivity contribution in [2.24, 2.45) is 11.3 Å². The van der Waals surface area contributed by atoms with Crippen molar-refractivity contribution in [1.82, 2.24) is 14.8 Å². The average molecular weight is 398 g/mol. The largest absolute Gasteiger partial charge is 0.341 e. The maximum absolute atomic E-state index is 13.0. The number of pyridine rings is 1. The van der Waals surface area contributed by atoms with Gasteiger partial charge < -0.3 is 4.90 Å². The fraction of sp³-hybridized carbons (Fsp3) is 0.565. The first-order chi connectivity index (χ1) is 13.4. The maximum atomic E-state index is 13.0. The van der Waals surface area contributed by atoms with Crippen LogP contribution in [0.5, 0.6) is 0 Å². The van der Waals surface area contributed by atoms with E-state index in [2.05, 4.69) is 48.2 Å². The Morgan fingerprint density at radius 2 is 2.18 bits per heavy atom. The van der Waals surface area contributed by atoms with Crippen molar-refractivity contribution in [3.8, 4) is 0 Å². The molecule has 4 rings (SSSR count). The molecule has 2 aromatic heterocycles. The standard InChI is InChI=1S/C23H31N3OS/c1-5-16-6-7-18(24-11-16)13-26-9-8-19-20(15-28-21(19)14-26)22(27)25(4)12-17-10-23(17,2)3/h6-7,11,15,17H,5,8-10,12-14H2,1-4H3/t17-/m0/s1. The van der Waals surface area contributed by atoms with Crippen LogP contribution < -0.4 is 0 Å². The molecule has 0 spiro atoms. The molecule has 2 aromatic rings. The Kier molecular flexibility index (Phi) is 5.32.